The Morgan fingerprint density at radius 3 is 2.80 bits per heavy atom. The molecule has 0 bridgehead atoms. The van der Waals surface area contributed by atoms with Crippen molar-refractivity contribution in [2.24, 2.45) is 0 Å². The third-order valence-electron chi connectivity index (χ3n) is 3.04. The fourth-order valence-electron chi connectivity index (χ4n) is 2.17. The van der Waals surface area contributed by atoms with E-state index in [1.54, 1.807) is 12.4 Å². The summed E-state index contributed by atoms with van der Waals surface area (Å²) in [6.07, 6.45) is 13.2. The van der Waals surface area contributed by atoms with Gasteiger partial charge in [0.25, 0.3) is 0 Å². The molecule has 1 saturated carbocycles. The second-order valence-electron chi connectivity index (χ2n) is 4.24. The summed E-state index contributed by atoms with van der Waals surface area (Å²) in [4.78, 5) is 8.32. The van der Waals surface area contributed by atoms with Gasteiger partial charge in [-0.1, -0.05) is 19.3 Å². The van der Waals surface area contributed by atoms with Crippen LogP contribution in [0, 0.1) is 0 Å². The Labute approximate surface area is 91.3 Å². The summed E-state index contributed by atoms with van der Waals surface area (Å²) in [6, 6.07) is 0.746. The lowest BCUT2D eigenvalue weighted by molar-refractivity contribution is 0.375. The molecule has 0 atom stereocenters. The molecule has 3 heteroatoms. The fourth-order valence-corrected chi connectivity index (χ4v) is 2.17. The number of hydrogen-bond donors (Lipinski definition) is 1. The molecule has 1 fully saturated rings. The predicted octanol–water partition coefficient (Wildman–Crippen LogP) is 1.94. The Morgan fingerprint density at radius 2 is 2.07 bits per heavy atom. The van der Waals surface area contributed by atoms with Gasteiger partial charge in [-0.2, -0.15) is 0 Å². The highest BCUT2D eigenvalue weighted by molar-refractivity contribution is 4.95. The van der Waals surface area contributed by atoms with Crippen LogP contribution in [0.3, 0.4) is 0 Å². The first-order chi connectivity index (χ1) is 7.45. The molecule has 0 radical (unpaired) electrons. The maximum Gasteiger partial charge on any atom is 0.0599 e. The van der Waals surface area contributed by atoms with Crippen molar-refractivity contribution in [3.63, 3.8) is 0 Å². The summed E-state index contributed by atoms with van der Waals surface area (Å²) in [6.45, 7) is 1.03. The molecule has 0 aromatic carbocycles. The van der Waals surface area contributed by atoms with Crippen molar-refractivity contribution >= 4 is 0 Å². The van der Waals surface area contributed by atoms with Gasteiger partial charge in [0.15, 0.2) is 0 Å². The van der Waals surface area contributed by atoms with Gasteiger partial charge < -0.3 is 5.32 Å². The van der Waals surface area contributed by atoms with Crippen LogP contribution in [0.25, 0.3) is 0 Å². The quantitative estimate of drug-likeness (QED) is 0.816. The topological polar surface area (TPSA) is 37.8 Å². The summed E-state index contributed by atoms with van der Waals surface area (Å²) in [5.74, 6) is 0. The minimum atomic E-state index is 0.746. The van der Waals surface area contributed by atoms with Crippen LogP contribution in [0.15, 0.2) is 18.6 Å². The summed E-state index contributed by atoms with van der Waals surface area (Å²) in [5.41, 5.74) is 1.08. The normalized spacial score (nSPS) is 17.9. The van der Waals surface area contributed by atoms with Crippen molar-refractivity contribution in [3.05, 3.63) is 24.3 Å². The maximum absolute atomic E-state index is 4.26. The highest BCUT2D eigenvalue weighted by Gasteiger charge is 2.11. The molecule has 1 aliphatic rings. The average molecular weight is 205 g/mol. The summed E-state index contributed by atoms with van der Waals surface area (Å²) < 4.78 is 0. The molecule has 1 aromatic rings. The molecule has 1 aromatic heterocycles. The zero-order valence-corrected chi connectivity index (χ0v) is 9.15. The van der Waals surface area contributed by atoms with Crippen molar-refractivity contribution < 1.29 is 0 Å². The molecule has 1 heterocycles. The van der Waals surface area contributed by atoms with Gasteiger partial charge in [0, 0.05) is 37.6 Å². The van der Waals surface area contributed by atoms with Gasteiger partial charge in [-0.15, -0.1) is 0 Å². The largest absolute Gasteiger partial charge is 0.314 e. The van der Waals surface area contributed by atoms with Gasteiger partial charge in [0.05, 0.1) is 5.69 Å². The third-order valence-corrected chi connectivity index (χ3v) is 3.04. The second-order valence-corrected chi connectivity index (χ2v) is 4.24. The summed E-state index contributed by atoms with van der Waals surface area (Å²) in [7, 11) is 0. The van der Waals surface area contributed by atoms with E-state index >= 15 is 0 Å². The van der Waals surface area contributed by atoms with E-state index in [2.05, 4.69) is 15.3 Å². The van der Waals surface area contributed by atoms with Crippen LogP contribution in [0.1, 0.15) is 37.8 Å². The van der Waals surface area contributed by atoms with Gasteiger partial charge in [-0.25, -0.2) is 0 Å². The number of nitrogens with zero attached hydrogens (tertiary/aromatic N) is 2. The smallest absolute Gasteiger partial charge is 0.0599 e. The number of hydrogen-bond acceptors (Lipinski definition) is 3. The predicted molar refractivity (Wildman–Crippen MR) is 60.6 cm³/mol. The fraction of sp³-hybridized carbons (Fsp3) is 0.667. The zero-order valence-electron chi connectivity index (χ0n) is 9.15. The molecule has 0 saturated heterocycles. The molecule has 0 spiro atoms. The molecule has 2 rings (SSSR count). The monoisotopic (exact) mass is 205 g/mol. The van der Waals surface area contributed by atoms with Crippen LogP contribution < -0.4 is 5.32 Å². The van der Waals surface area contributed by atoms with Gasteiger partial charge in [-0.3, -0.25) is 9.97 Å². The van der Waals surface area contributed by atoms with E-state index in [1.807, 2.05) is 6.20 Å². The molecule has 0 aliphatic heterocycles. The van der Waals surface area contributed by atoms with Crippen molar-refractivity contribution in [1.82, 2.24) is 15.3 Å². The van der Waals surface area contributed by atoms with Crippen molar-refractivity contribution in [3.8, 4) is 0 Å². The van der Waals surface area contributed by atoms with Gasteiger partial charge in [0.1, 0.15) is 0 Å². The van der Waals surface area contributed by atoms with E-state index in [0.717, 1.165) is 24.7 Å². The highest BCUT2D eigenvalue weighted by atomic mass is 14.9. The Kier molecular flexibility index (Phi) is 4.09. The van der Waals surface area contributed by atoms with Crippen LogP contribution in [0.5, 0.6) is 0 Å². The first-order valence-electron chi connectivity index (χ1n) is 5.93. The molecule has 1 N–H and O–H groups in total. The highest BCUT2D eigenvalue weighted by Crippen LogP contribution is 2.17. The lowest BCUT2D eigenvalue weighted by Gasteiger charge is -2.22. The lowest BCUT2D eigenvalue weighted by atomic mass is 9.95. The van der Waals surface area contributed by atoms with Crippen molar-refractivity contribution in [1.29, 1.82) is 0 Å². The minimum absolute atomic E-state index is 0.746. The maximum atomic E-state index is 4.26. The standard InChI is InChI=1S/C12H19N3/c1-2-4-11(5-3-1)14-7-6-12-10-13-8-9-15-12/h8-11,14H,1-7H2. The van der Waals surface area contributed by atoms with E-state index in [-0.39, 0.29) is 0 Å². The van der Waals surface area contributed by atoms with E-state index in [9.17, 15) is 0 Å². The van der Waals surface area contributed by atoms with Gasteiger partial charge in [-0.05, 0) is 12.8 Å². The van der Waals surface area contributed by atoms with Crippen LogP contribution in [0.2, 0.25) is 0 Å². The van der Waals surface area contributed by atoms with Crippen LogP contribution in [0.4, 0.5) is 0 Å². The van der Waals surface area contributed by atoms with E-state index in [1.165, 1.54) is 32.1 Å². The SMILES string of the molecule is c1cnc(CCNC2CCCCC2)cn1. The molecule has 3 nitrogen and oxygen atoms in total. The number of rotatable bonds is 4. The molecule has 82 valence electrons. The van der Waals surface area contributed by atoms with Crippen molar-refractivity contribution in [2.75, 3.05) is 6.54 Å². The average Bonchev–Trinajstić information content (AvgIpc) is 2.32. The van der Waals surface area contributed by atoms with E-state index < -0.39 is 0 Å². The number of nitrogens with one attached hydrogen (secondary N) is 1. The van der Waals surface area contributed by atoms with Crippen LogP contribution >= 0.6 is 0 Å². The van der Waals surface area contributed by atoms with Gasteiger partial charge in [0.2, 0.25) is 0 Å². The molecule has 0 unspecified atom stereocenters. The minimum Gasteiger partial charge on any atom is -0.314 e. The zero-order chi connectivity index (χ0) is 10.3. The number of aromatic nitrogens is 2. The van der Waals surface area contributed by atoms with Crippen LogP contribution in [-0.2, 0) is 6.42 Å². The summed E-state index contributed by atoms with van der Waals surface area (Å²) >= 11 is 0. The first-order valence-corrected chi connectivity index (χ1v) is 5.93. The molecule has 0 amide bonds. The molecule has 1 aliphatic carbocycles. The summed E-state index contributed by atoms with van der Waals surface area (Å²) in [5, 5.41) is 3.60. The van der Waals surface area contributed by atoms with E-state index in [0.29, 0.717) is 0 Å². The Balaban J connectivity index is 1.66. The molecular weight excluding hydrogens is 186 g/mol. The van der Waals surface area contributed by atoms with E-state index in [4.69, 9.17) is 0 Å². The second kappa shape index (κ2) is 5.81. The van der Waals surface area contributed by atoms with Crippen LogP contribution in [-0.4, -0.2) is 22.6 Å². The molecular formula is C12H19N3. The lowest BCUT2D eigenvalue weighted by Crippen LogP contribution is -2.32. The van der Waals surface area contributed by atoms with Gasteiger partial charge >= 0.3 is 0 Å². The Hall–Kier alpha value is -0.960. The Morgan fingerprint density at radius 1 is 1.20 bits per heavy atom. The first kappa shape index (κ1) is 10.6. The molecule has 15 heavy (non-hydrogen) atoms. The van der Waals surface area contributed by atoms with Crippen molar-refractivity contribution in [2.45, 2.75) is 44.6 Å². The Bertz CT molecular complexity index is 267. The third kappa shape index (κ3) is 3.59.